The van der Waals surface area contributed by atoms with Gasteiger partial charge in [-0.3, -0.25) is 19.2 Å². The Morgan fingerprint density at radius 2 is 1.64 bits per heavy atom. The molecule has 2 saturated carbocycles. The molecular formula is C26H43N5O5. The molecule has 10 heteroatoms. The number of nitrogens with one attached hydrogen (secondary N) is 3. The predicted molar refractivity (Wildman–Crippen MR) is 134 cm³/mol. The molecule has 0 aromatic carbocycles. The van der Waals surface area contributed by atoms with Crippen LogP contribution in [0, 0.1) is 28.6 Å². The third-order valence-electron chi connectivity index (χ3n) is 8.24. The number of piperidine rings is 1. The molecule has 1 heterocycles. The maximum Gasteiger partial charge on any atom is 0.315 e. The second-order valence-electron chi connectivity index (χ2n) is 12.8. The highest BCUT2D eigenvalue weighted by Gasteiger charge is 2.69. The van der Waals surface area contributed by atoms with Crippen molar-refractivity contribution in [1.82, 2.24) is 20.9 Å². The number of nitrogens with two attached hydrogens (primary N) is 1. The molecule has 1 aliphatic heterocycles. The van der Waals surface area contributed by atoms with Crippen LogP contribution in [0.25, 0.3) is 0 Å². The number of likely N-dealkylation sites (tertiary alicyclic amines) is 1. The Bertz CT molecular complexity index is 920. The summed E-state index contributed by atoms with van der Waals surface area (Å²) in [5.41, 5.74) is 4.54. The fraction of sp³-hybridized carbons (Fsp3) is 0.808. The van der Waals surface area contributed by atoms with Crippen molar-refractivity contribution in [3.05, 3.63) is 0 Å². The number of carbonyl (C=O) groups excluding carboxylic acids is 5. The van der Waals surface area contributed by atoms with Gasteiger partial charge in [0.25, 0.3) is 5.91 Å². The number of hydrogen-bond donors (Lipinski definition) is 4. The number of hydrogen-bond acceptors (Lipinski definition) is 5. The van der Waals surface area contributed by atoms with E-state index in [1.54, 1.807) is 4.90 Å². The van der Waals surface area contributed by atoms with E-state index in [9.17, 15) is 24.0 Å². The van der Waals surface area contributed by atoms with E-state index >= 15 is 0 Å². The van der Waals surface area contributed by atoms with E-state index in [-0.39, 0.29) is 35.1 Å². The van der Waals surface area contributed by atoms with Crippen LogP contribution in [-0.2, 0) is 19.2 Å². The number of urea groups is 1. The standard InChI is InChI=1S/C26H43N5O5/c1-13(2)28-24(36)30-20(25(3,4)5)23(35)31-12-15-17(26(15,6)7)18(31)22(34)29-16(19(32)21(27)33)11-14-9-8-10-14/h13-18,20H,8-12H2,1-7H3,(H2,27,33)(H,29,34)(H2,28,30,36). The van der Waals surface area contributed by atoms with Gasteiger partial charge in [0.15, 0.2) is 0 Å². The van der Waals surface area contributed by atoms with E-state index in [0.717, 1.165) is 19.3 Å². The van der Waals surface area contributed by atoms with Crippen molar-refractivity contribution >= 4 is 29.5 Å². The minimum atomic E-state index is -1.07. The van der Waals surface area contributed by atoms with E-state index < -0.39 is 47.2 Å². The molecule has 3 rings (SSSR count). The normalized spacial score (nSPS) is 26.3. The van der Waals surface area contributed by atoms with Crippen LogP contribution in [0.5, 0.6) is 0 Å². The number of rotatable bonds is 9. The summed E-state index contributed by atoms with van der Waals surface area (Å²) in [6, 6.07) is -3.19. The van der Waals surface area contributed by atoms with Crippen molar-refractivity contribution < 1.29 is 24.0 Å². The van der Waals surface area contributed by atoms with Gasteiger partial charge in [0.2, 0.25) is 17.6 Å². The van der Waals surface area contributed by atoms with E-state index in [1.807, 2.05) is 34.6 Å². The first-order valence-corrected chi connectivity index (χ1v) is 13.1. The maximum atomic E-state index is 13.8. The average Bonchev–Trinajstić information content (AvgIpc) is 3.06. The third-order valence-corrected chi connectivity index (χ3v) is 8.24. The summed E-state index contributed by atoms with van der Waals surface area (Å²) in [4.78, 5) is 65.7. The summed E-state index contributed by atoms with van der Waals surface area (Å²) < 4.78 is 0. The maximum absolute atomic E-state index is 13.8. The first kappa shape index (κ1) is 27.9. The van der Waals surface area contributed by atoms with Gasteiger partial charge in [0.1, 0.15) is 12.1 Å². The second kappa shape index (κ2) is 10.0. The smallest absolute Gasteiger partial charge is 0.315 e. The predicted octanol–water partition coefficient (Wildman–Crippen LogP) is 1.32. The average molecular weight is 506 g/mol. The number of nitrogens with zero attached hydrogens (tertiary/aromatic N) is 1. The van der Waals surface area contributed by atoms with Crippen LogP contribution in [0.2, 0.25) is 0 Å². The van der Waals surface area contributed by atoms with Crippen LogP contribution in [0.1, 0.15) is 74.1 Å². The molecule has 5 N–H and O–H groups in total. The Morgan fingerprint density at radius 1 is 1.03 bits per heavy atom. The summed E-state index contributed by atoms with van der Waals surface area (Å²) in [5.74, 6) is -2.33. The van der Waals surface area contributed by atoms with Crippen molar-refractivity contribution in [3.8, 4) is 0 Å². The molecule has 5 amide bonds. The zero-order chi connectivity index (χ0) is 27.2. The van der Waals surface area contributed by atoms with Crippen molar-refractivity contribution in [1.29, 1.82) is 0 Å². The quantitative estimate of drug-likeness (QED) is 0.349. The minimum Gasteiger partial charge on any atom is -0.363 e. The van der Waals surface area contributed by atoms with E-state index in [4.69, 9.17) is 5.73 Å². The fourth-order valence-corrected chi connectivity index (χ4v) is 5.78. The lowest BCUT2D eigenvalue weighted by Gasteiger charge is -2.38. The van der Waals surface area contributed by atoms with Gasteiger partial charge in [0, 0.05) is 12.6 Å². The van der Waals surface area contributed by atoms with Crippen LogP contribution in [0.15, 0.2) is 0 Å². The van der Waals surface area contributed by atoms with Gasteiger partial charge in [-0.05, 0) is 48.9 Å². The van der Waals surface area contributed by atoms with Crippen molar-refractivity contribution in [2.75, 3.05) is 6.54 Å². The van der Waals surface area contributed by atoms with Gasteiger partial charge < -0.3 is 26.6 Å². The first-order chi connectivity index (χ1) is 16.6. The molecule has 0 aromatic heterocycles. The molecule has 5 unspecified atom stereocenters. The highest BCUT2D eigenvalue weighted by molar-refractivity contribution is 6.37. The molecular weight excluding hydrogens is 462 g/mol. The van der Waals surface area contributed by atoms with Crippen LogP contribution in [0.4, 0.5) is 4.79 Å². The van der Waals surface area contributed by atoms with Crippen molar-refractivity contribution in [2.24, 2.45) is 34.3 Å². The van der Waals surface area contributed by atoms with Gasteiger partial charge >= 0.3 is 6.03 Å². The van der Waals surface area contributed by atoms with Crippen molar-refractivity contribution in [2.45, 2.75) is 98.3 Å². The van der Waals surface area contributed by atoms with Crippen molar-refractivity contribution in [3.63, 3.8) is 0 Å². The Hall–Kier alpha value is -2.65. The molecule has 3 aliphatic rings. The SMILES string of the molecule is CC(C)NC(=O)NC(C(=O)N1CC2C(C1C(=O)NC(CC1CCC1)C(=O)C(N)=O)C2(C)C)C(C)(C)C. The van der Waals surface area contributed by atoms with E-state index in [0.29, 0.717) is 13.0 Å². The highest BCUT2D eigenvalue weighted by atomic mass is 16.2. The lowest BCUT2D eigenvalue weighted by molar-refractivity contribution is -0.145. The molecule has 36 heavy (non-hydrogen) atoms. The monoisotopic (exact) mass is 505 g/mol. The van der Waals surface area contributed by atoms with Crippen LogP contribution >= 0.6 is 0 Å². The minimum absolute atomic E-state index is 0.0698. The highest BCUT2D eigenvalue weighted by Crippen LogP contribution is 2.65. The Kier molecular flexibility index (Phi) is 7.77. The molecule has 0 spiro atoms. The van der Waals surface area contributed by atoms with Crippen LogP contribution < -0.4 is 21.7 Å². The molecule has 0 bridgehead atoms. The fourth-order valence-electron chi connectivity index (χ4n) is 5.78. The summed E-state index contributed by atoms with van der Waals surface area (Å²) >= 11 is 0. The Labute approximate surface area is 213 Å². The molecule has 10 nitrogen and oxygen atoms in total. The number of amides is 5. The van der Waals surface area contributed by atoms with Gasteiger partial charge in [-0.15, -0.1) is 0 Å². The topological polar surface area (TPSA) is 151 Å². The molecule has 3 fully saturated rings. The van der Waals surface area contributed by atoms with Gasteiger partial charge in [0.05, 0.1) is 6.04 Å². The Morgan fingerprint density at radius 3 is 2.11 bits per heavy atom. The van der Waals surface area contributed by atoms with E-state index in [1.165, 1.54) is 0 Å². The summed E-state index contributed by atoms with van der Waals surface area (Å²) in [5, 5.41) is 8.33. The zero-order valence-electron chi connectivity index (χ0n) is 22.6. The summed E-state index contributed by atoms with van der Waals surface area (Å²) in [6.45, 7) is 13.8. The lowest BCUT2D eigenvalue weighted by atomic mass is 9.80. The number of ketones is 1. The van der Waals surface area contributed by atoms with Gasteiger partial charge in [-0.25, -0.2) is 4.79 Å². The van der Waals surface area contributed by atoms with Gasteiger partial charge in [-0.2, -0.15) is 0 Å². The van der Waals surface area contributed by atoms with Gasteiger partial charge in [-0.1, -0.05) is 53.9 Å². The molecule has 202 valence electrons. The molecule has 0 radical (unpaired) electrons. The first-order valence-electron chi connectivity index (χ1n) is 13.1. The zero-order valence-corrected chi connectivity index (χ0v) is 22.6. The molecule has 2 aliphatic carbocycles. The van der Waals surface area contributed by atoms with Crippen LogP contribution in [0.3, 0.4) is 0 Å². The largest absolute Gasteiger partial charge is 0.363 e. The number of primary amides is 1. The summed E-state index contributed by atoms with van der Waals surface area (Å²) in [6.07, 6.45) is 3.32. The van der Waals surface area contributed by atoms with E-state index in [2.05, 4.69) is 29.8 Å². The second-order valence-corrected chi connectivity index (χ2v) is 12.8. The van der Waals surface area contributed by atoms with Crippen LogP contribution in [-0.4, -0.2) is 65.1 Å². The molecule has 5 atom stereocenters. The third kappa shape index (κ3) is 5.67. The Balaban J connectivity index is 1.83. The molecule has 0 aromatic rings. The summed E-state index contributed by atoms with van der Waals surface area (Å²) in [7, 11) is 0. The lowest BCUT2D eigenvalue weighted by Crippen LogP contribution is -2.61. The number of fused-ring (bicyclic) bond motifs is 1. The number of Topliss-reactive ketones (excluding diaryl/α,β-unsaturated/α-hetero) is 1. The molecule has 1 saturated heterocycles. The number of carbonyl (C=O) groups is 5.